The number of rotatable bonds is 2. The Hall–Kier alpha value is -3.33. The van der Waals surface area contributed by atoms with Crippen molar-refractivity contribution in [3.05, 3.63) is 114 Å². The Morgan fingerprint density at radius 2 is 1.58 bits per heavy atom. The van der Waals surface area contributed by atoms with Crippen molar-refractivity contribution in [2.24, 2.45) is 0 Å². The number of pyridine rings is 2. The maximum absolute atomic E-state index is 4.61. The zero-order valence-corrected chi connectivity index (χ0v) is 23.7. The van der Waals surface area contributed by atoms with Crippen LogP contribution >= 0.6 is 0 Å². The Bertz CT molecular complexity index is 1520. The average Bonchev–Trinajstić information content (AvgIpc) is 2.88. The Morgan fingerprint density at radius 1 is 0.806 bits per heavy atom. The van der Waals surface area contributed by atoms with Gasteiger partial charge in [-0.1, -0.05) is 43.7 Å². The average molecular weight is 648 g/mol. The van der Waals surface area contributed by atoms with E-state index in [9.17, 15) is 0 Å². The molecule has 0 atom stereocenters. The molecule has 3 nitrogen and oxygen atoms in total. The van der Waals surface area contributed by atoms with E-state index < -0.39 is 0 Å². The fourth-order valence-electron chi connectivity index (χ4n) is 4.80. The van der Waals surface area contributed by atoms with Crippen LogP contribution in [0, 0.1) is 19.1 Å². The number of hydrogen-bond acceptors (Lipinski definition) is 3. The van der Waals surface area contributed by atoms with Crippen molar-refractivity contribution in [2.45, 2.75) is 26.2 Å². The van der Waals surface area contributed by atoms with Gasteiger partial charge < -0.3 is 14.9 Å². The molecule has 0 spiro atoms. The van der Waals surface area contributed by atoms with E-state index in [1.165, 1.54) is 27.5 Å². The van der Waals surface area contributed by atoms with Crippen LogP contribution < -0.4 is 4.90 Å². The SMILES string of the molecule is CC1(C)c2ccc[c-]c2-c2nccc3cccc1c23.Cc1ccnc(-c2[c-]ccc(N(C)C)c2)c1.[Ir]. The molecule has 0 saturated carbocycles. The molecular weight excluding hydrogens is 619 g/mol. The van der Waals surface area contributed by atoms with Gasteiger partial charge >= 0.3 is 0 Å². The second-order valence-corrected chi connectivity index (χ2v) is 9.72. The van der Waals surface area contributed by atoms with Gasteiger partial charge in [-0.3, -0.25) is 0 Å². The van der Waals surface area contributed by atoms with E-state index >= 15 is 0 Å². The van der Waals surface area contributed by atoms with Crippen molar-refractivity contribution in [2.75, 3.05) is 19.0 Å². The van der Waals surface area contributed by atoms with E-state index in [1.807, 2.05) is 50.8 Å². The number of fused-ring (bicyclic) bond motifs is 2. The number of hydrogen-bond donors (Lipinski definition) is 0. The molecule has 0 N–H and O–H groups in total. The molecule has 183 valence electrons. The van der Waals surface area contributed by atoms with Gasteiger partial charge in [-0.2, -0.15) is 0 Å². The van der Waals surface area contributed by atoms with Gasteiger partial charge in [0, 0.05) is 46.6 Å². The van der Waals surface area contributed by atoms with Gasteiger partial charge in [0.1, 0.15) is 0 Å². The van der Waals surface area contributed by atoms with Crippen LogP contribution in [-0.2, 0) is 25.5 Å². The first-order valence-electron chi connectivity index (χ1n) is 11.9. The molecular formula is C32H29IrN3-2. The van der Waals surface area contributed by atoms with Crippen LogP contribution in [0.15, 0.2) is 85.2 Å². The zero-order valence-electron chi connectivity index (χ0n) is 21.3. The molecule has 36 heavy (non-hydrogen) atoms. The van der Waals surface area contributed by atoms with Gasteiger partial charge in [0.2, 0.25) is 0 Å². The molecule has 2 heterocycles. The third-order valence-electron chi connectivity index (χ3n) is 6.72. The van der Waals surface area contributed by atoms with E-state index in [-0.39, 0.29) is 25.5 Å². The number of aromatic nitrogens is 2. The topological polar surface area (TPSA) is 29.0 Å². The van der Waals surface area contributed by atoms with Crippen molar-refractivity contribution in [1.82, 2.24) is 9.97 Å². The minimum atomic E-state index is 0. The van der Waals surface area contributed by atoms with Crippen LogP contribution in [0.1, 0.15) is 30.5 Å². The summed E-state index contributed by atoms with van der Waals surface area (Å²) in [6, 6.07) is 31.6. The quantitative estimate of drug-likeness (QED) is 0.189. The van der Waals surface area contributed by atoms with Crippen molar-refractivity contribution < 1.29 is 20.1 Å². The van der Waals surface area contributed by atoms with E-state index in [1.54, 1.807) is 0 Å². The second kappa shape index (κ2) is 10.3. The monoisotopic (exact) mass is 648 g/mol. The van der Waals surface area contributed by atoms with Gasteiger partial charge in [-0.05, 0) is 57.9 Å². The summed E-state index contributed by atoms with van der Waals surface area (Å²) in [6.07, 6.45) is 3.73. The number of anilines is 1. The summed E-state index contributed by atoms with van der Waals surface area (Å²) in [6.45, 7) is 6.63. The van der Waals surface area contributed by atoms with Crippen LogP contribution in [0.4, 0.5) is 5.69 Å². The third kappa shape index (κ3) is 4.71. The predicted molar refractivity (Wildman–Crippen MR) is 146 cm³/mol. The van der Waals surface area contributed by atoms with Gasteiger partial charge in [-0.25, -0.2) is 0 Å². The maximum Gasteiger partial charge on any atom is 0.0167 e. The summed E-state index contributed by atoms with van der Waals surface area (Å²) in [7, 11) is 4.06. The maximum atomic E-state index is 4.61. The Labute approximate surface area is 227 Å². The molecule has 0 aliphatic heterocycles. The standard InChI is InChI=1S/C18H14N.C14H15N2.Ir/c1-18(2)14-8-4-3-7-13(14)17-16-12(10-11-19-17)6-5-9-15(16)18;1-11-7-8-15-14(9-11)12-5-4-6-13(10-12)16(2)3;/h3-6,8-11H,1-2H3;4,6-10H,1-3H3;/q2*-1;. The van der Waals surface area contributed by atoms with E-state index in [0.29, 0.717) is 0 Å². The second-order valence-electron chi connectivity index (χ2n) is 9.72. The van der Waals surface area contributed by atoms with Crippen molar-refractivity contribution in [1.29, 1.82) is 0 Å². The van der Waals surface area contributed by atoms with Crippen molar-refractivity contribution in [3.8, 4) is 22.5 Å². The summed E-state index contributed by atoms with van der Waals surface area (Å²) in [5.41, 5.74) is 9.29. The van der Waals surface area contributed by atoms with Crippen LogP contribution in [0.2, 0.25) is 0 Å². The first-order chi connectivity index (χ1) is 16.9. The van der Waals surface area contributed by atoms with Crippen LogP contribution in [0.3, 0.4) is 0 Å². The van der Waals surface area contributed by atoms with Gasteiger partial charge in [0.25, 0.3) is 0 Å². The molecule has 0 amide bonds. The molecule has 0 saturated heterocycles. The molecule has 0 bridgehead atoms. The van der Waals surface area contributed by atoms with E-state index in [4.69, 9.17) is 0 Å². The fraction of sp³-hybridized carbons (Fsp3) is 0.188. The first-order valence-corrected chi connectivity index (χ1v) is 11.9. The van der Waals surface area contributed by atoms with E-state index in [2.05, 4.69) is 96.3 Å². The molecule has 6 rings (SSSR count). The van der Waals surface area contributed by atoms with Crippen LogP contribution in [0.5, 0.6) is 0 Å². The van der Waals surface area contributed by atoms with E-state index in [0.717, 1.165) is 28.2 Å². The minimum absolute atomic E-state index is 0. The summed E-state index contributed by atoms with van der Waals surface area (Å²) in [5.74, 6) is 0. The summed E-state index contributed by atoms with van der Waals surface area (Å²) in [5, 5.41) is 2.54. The number of aryl methyl sites for hydroxylation is 1. The number of benzene rings is 3. The first kappa shape index (κ1) is 25.8. The molecule has 0 unspecified atom stereocenters. The third-order valence-corrected chi connectivity index (χ3v) is 6.72. The Balaban J connectivity index is 0.000000167. The van der Waals surface area contributed by atoms with Crippen LogP contribution in [-0.4, -0.2) is 24.1 Å². The summed E-state index contributed by atoms with van der Waals surface area (Å²) in [4.78, 5) is 11.1. The molecule has 1 aliphatic carbocycles. The van der Waals surface area contributed by atoms with Crippen molar-refractivity contribution in [3.63, 3.8) is 0 Å². The summed E-state index contributed by atoms with van der Waals surface area (Å²) < 4.78 is 0. The van der Waals surface area contributed by atoms with Gasteiger partial charge in [-0.15, -0.1) is 65.2 Å². The minimum Gasteiger partial charge on any atom is -0.394 e. The fourth-order valence-corrected chi connectivity index (χ4v) is 4.80. The molecule has 0 fully saturated rings. The molecule has 5 aromatic rings. The van der Waals surface area contributed by atoms with Crippen molar-refractivity contribution >= 4 is 16.5 Å². The summed E-state index contributed by atoms with van der Waals surface area (Å²) >= 11 is 0. The van der Waals surface area contributed by atoms with Gasteiger partial charge in [0.15, 0.2) is 0 Å². The molecule has 2 aromatic heterocycles. The van der Waals surface area contributed by atoms with Gasteiger partial charge in [0.05, 0.1) is 0 Å². The Morgan fingerprint density at radius 3 is 2.36 bits per heavy atom. The normalized spacial score (nSPS) is 12.6. The number of nitrogens with zero attached hydrogens (tertiary/aromatic N) is 3. The largest absolute Gasteiger partial charge is 0.394 e. The molecule has 1 aliphatic rings. The Kier molecular flexibility index (Phi) is 7.40. The zero-order chi connectivity index (χ0) is 24.6. The molecule has 1 radical (unpaired) electrons. The smallest absolute Gasteiger partial charge is 0.0167 e. The predicted octanol–water partition coefficient (Wildman–Crippen LogP) is 7.26. The van der Waals surface area contributed by atoms with Crippen LogP contribution in [0.25, 0.3) is 33.3 Å². The molecule has 4 heteroatoms. The molecule has 3 aromatic carbocycles.